The molecule has 2 heterocycles. The maximum absolute atomic E-state index is 13.5. The number of imide groups is 1. The molecule has 3 rings (SSSR count). The predicted molar refractivity (Wildman–Crippen MR) is 80.1 cm³/mol. The average Bonchev–Trinajstić information content (AvgIpc) is 2.79. The monoisotopic (exact) mass is 319 g/mol. The van der Waals surface area contributed by atoms with Gasteiger partial charge < -0.3 is 10.2 Å². The SMILES string of the molecule is Cc1ccc(CCC(=O)N2CC(N3C(=O)CNC3=O)C2)cc1F. The van der Waals surface area contributed by atoms with Crippen molar-refractivity contribution < 1.29 is 18.8 Å². The Bertz CT molecular complexity index is 655. The van der Waals surface area contributed by atoms with Crippen molar-refractivity contribution in [2.75, 3.05) is 19.6 Å². The van der Waals surface area contributed by atoms with Crippen LogP contribution in [0.2, 0.25) is 0 Å². The smallest absolute Gasteiger partial charge is 0.324 e. The molecule has 2 fully saturated rings. The van der Waals surface area contributed by atoms with Crippen molar-refractivity contribution in [3.8, 4) is 0 Å². The van der Waals surface area contributed by atoms with Crippen LogP contribution in [0.15, 0.2) is 18.2 Å². The lowest BCUT2D eigenvalue weighted by Crippen LogP contribution is -2.62. The highest BCUT2D eigenvalue weighted by Crippen LogP contribution is 2.19. The minimum absolute atomic E-state index is 0.0300. The van der Waals surface area contributed by atoms with E-state index < -0.39 is 0 Å². The predicted octanol–water partition coefficient (Wildman–Crippen LogP) is 0.829. The third-order valence-corrected chi connectivity index (χ3v) is 4.32. The fourth-order valence-corrected chi connectivity index (χ4v) is 2.83. The molecule has 2 aliphatic heterocycles. The highest BCUT2D eigenvalue weighted by Gasteiger charge is 2.42. The first kappa shape index (κ1) is 15.5. The van der Waals surface area contributed by atoms with Gasteiger partial charge in [0.2, 0.25) is 11.8 Å². The van der Waals surface area contributed by atoms with E-state index in [-0.39, 0.29) is 42.7 Å². The van der Waals surface area contributed by atoms with Gasteiger partial charge in [-0.1, -0.05) is 12.1 Å². The maximum Gasteiger partial charge on any atom is 0.324 e. The van der Waals surface area contributed by atoms with Gasteiger partial charge in [0.15, 0.2) is 0 Å². The molecule has 0 bridgehead atoms. The Morgan fingerprint density at radius 1 is 1.35 bits per heavy atom. The molecule has 4 amide bonds. The fraction of sp³-hybridized carbons (Fsp3) is 0.438. The molecule has 0 radical (unpaired) electrons. The van der Waals surface area contributed by atoms with E-state index in [9.17, 15) is 18.8 Å². The summed E-state index contributed by atoms with van der Waals surface area (Å²) in [5.41, 5.74) is 1.37. The lowest BCUT2D eigenvalue weighted by molar-refractivity contribution is -0.142. The molecule has 1 aromatic carbocycles. The molecule has 6 nitrogen and oxygen atoms in total. The van der Waals surface area contributed by atoms with Gasteiger partial charge in [0, 0.05) is 19.5 Å². The van der Waals surface area contributed by atoms with Crippen LogP contribution in [0.4, 0.5) is 9.18 Å². The van der Waals surface area contributed by atoms with Crippen LogP contribution < -0.4 is 5.32 Å². The van der Waals surface area contributed by atoms with Gasteiger partial charge >= 0.3 is 6.03 Å². The molecule has 0 aliphatic carbocycles. The molecule has 0 atom stereocenters. The molecule has 2 saturated heterocycles. The van der Waals surface area contributed by atoms with E-state index in [0.717, 1.165) is 5.56 Å². The van der Waals surface area contributed by atoms with E-state index in [1.807, 2.05) is 6.07 Å². The summed E-state index contributed by atoms with van der Waals surface area (Å²) in [4.78, 5) is 38.0. The van der Waals surface area contributed by atoms with Crippen molar-refractivity contribution >= 4 is 17.8 Å². The Kier molecular flexibility index (Phi) is 4.02. The van der Waals surface area contributed by atoms with E-state index in [1.54, 1.807) is 17.9 Å². The van der Waals surface area contributed by atoms with E-state index in [0.29, 0.717) is 25.1 Å². The standard InChI is InChI=1S/C16H18FN3O3/c1-10-2-3-11(6-13(10)17)4-5-14(21)19-8-12(9-19)20-15(22)7-18-16(20)23/h2-3,6,12H,4-5,7-9H2,1H3,(H,18,23). The molecule has 0 aromatic heterocycles. The van der Waals surface area contributed by atoms with Crippen molar-refractivity contribution in [2.45, 2.75) is 25.8 Å². The van der Waals surface area contributed by atoms with Crippen molar-refractivity contribution in [3.63, 3.8) is 0 Å². The second kappa shape index (κ2) is 5.98. The summed E-state index contributed by atoms with van der Waals surface area (Å²) in [6.07, 6.45) is 0.760. The maximum atomic E-state index is 13.5. The largest absolute Gasteiger partial charge is 0.338 e. The van der Waals surface area contributed by atoms with E-state index in [2.05, 4.69) is 5.32 Å². The van der Waals surface area contributed by atoms with Gasteiger partial charge in [-0.15, -0.1) is 0 Å². The second-order valence-corrected chi connectivity index (χ2v) is 5.96. The van der Waals surface area contributed by atoms with Gasteiger partial charge in [-0.25, -0.2) is 9.18 Å². The van der Waals surface area contributed by atoms with Crippen LogP contribution >= 0.6 is 0 Å². The quantitative estimate of drug-likeness (QED) is 0.836. The van der Waals surface area contributed by atoms with Crippen molar-refractivity contribution in [1.82, 2.24) is 15.1 Å². The van der Waals surface area contributed by atoms with Crippen molar-refractivity contribution in [3.05, 3.63) is 35.1 Å². The first-order valence-electron chi connectivity index (χ1n) is 7.58. The van der Waals surface area contributed by atoms with Gasteiger partial charge in [0.1, 0.15) is 5.82 Å². The van der Waals surface area contributed by atoms with Crippen LogP contribution in [0.25, 0.3) is 0 Å². The van der Waals surface area contributed by atoms with Crippen LogP contribution in [0, 0.1) is 12.7 Å². The third-order valence-electron chi connectivity index (χ3n) is 4.32. The lowest BCUT2D eigenvalue weighted by Gasteiger charge is -2.42. The molecular weight excluding hydrogens is 301 g/mol. The number of aryl methyl sites for hydroxylation is 2. The minimum Gasteiger partial charge on any atom is -0.338 e. The number of halogens is 1. The molecule has 23 heavy (non-hydrogen) atoms. The second-order valence-electron chi connectivity index (χ2n) is 5.96. The number of benzene rings is 1. The number of nitrogens with one attached hydrogen (secondary N) is 1. The van der Waals surface area contributed by atoms with Gasteiger partial charge in [-0.3, -0.25) is 14.5 Å². The normalized spacial score (nSPS) is 18.2. The van der Waals surface area contributed by atoms with Crippen molar-refractivity contribution in [1.29, 1.82) is 0 Å². The molecule has 122 valence electrons. The lowest BCUT2D eigenvalue weighted by atomic mass is 10.0. The van der Waals surface area contributed by atoms with Crippen LogP contribution in [0.5, 0.6) is 0 Å². The fourth-order valence-electron chi connectivity index (χ4n) is 2.83. The summed E-state index contributed by atoms with van der Waals surface area (Å²) in [5, 5.41) is 2.47. The average molecular weight is 319 g/mol. The van der Waals surface area contributed by atoms with E-state index in [4.69, 9.17) is 0 Å². The van der Waals surface area contributed by atoms with E-state index in [1.165, 1.54) is 11.0 Å². The molecule has 1 N–H and O–H groups in total. The molecule has 0 saturated carbocycles. The highest BCUT2D eigenvalue weighted by molar-refractivity contribution is 6.02. The number of amides is 4. The Morgan fingerprint density at radius 3 is 2.70 bits per heavy atom. The molecule has 1 aromatic rings. The number of carbonyl (C=O) groups is 3. The summed E-state index contributed by atoms with van der Waals surface area (Å²) in [5.74, 6) is -0.561. The molecule has 2 aliphatic rings. The number of nitrogens with zero attached hydrogens (tertiary/aromatic N) is 2. The number of hydrogen-bond acceptors (Lipinski definition) is 3. The Labute approximate surface area is 133 Å². The first-order valence-corrected chi connectivity index (χ1v) is 7.58. The number of likely N-dealkylation sites (tertiary alicyclic amines) is 1. The van der Waals surface area contributed by atoms with Crippen LogP contribution in [-0.4, -0.2) is 53.3 Å². The minimum atomic E-state index is -0.387. The van der Waals surface area contributed by atoms with Crippen LogP contribution in [-0.2, 0) is 16.0 Å². The number of urea groups is 1. The summed E-state index contributed by atoms with van der Waals surface area (Å²) in [6.45, 7) is 2.48. The summed E-state index contributed by atoms with van der Waals surface area (Å²) in [6, 6.07) is 4.35. The molecule has 0 unspecified atom stereocenters. The molecule has 7 heteroatoms. The Morgan fingerprint density at radius 2 is 2.09 bits per heavy atom. The Hall–Kier alpha value is -2.44. The van der Waals surface area contributed by atoms with Gasteiger partial charge in [0.05, 0.1) is 12.6 Å². The van der Waals surface area contributed by atoms with Crippen LogP contribution in [0.3, 0.4) is 0 Å². The van der Waals surface area contributed by atoms with Gasteiger partial charge in [-0.05, 0) is 30.5 Å². The van der Waals surface area contributed by atoms with Gasteiger partial charge in [-0.2, -0.15) is 0 Å². The number of rotatable bonds is 4. The van der Waals surface area contributed by atoms with Crippen molar-refractivity contribution in [2.24, 2.45) is 0 Å². The van der Waals surface area contributed by atoms with E-state index >= 15 is 0 Å². The topological polar surface area (TPSA) is 69.7 Å². The summed E-state index contributed by atoms with van der Waals surface area (Å²) in [7, 11) is 0. The summed E-state index contributed by atoms with van der Waals surface area (Å²) < 4.78 is 13.5. The molecular formula is C16H18FN3O3. The first-order chi connectivity index (χ1) is 11.0. The zero-order valence-corrected chi connectivity index (χ0v) is 12.8. The van der Waals surface area contributed by atoms with Crippen LogP contribution in [0.1, 0.15) is 17.5 Å². The molecule has 0 spiro atoms. The third kappa shape index (κ3) is 3.04. The summed E-state index contributed by atoms with van der Waals surface area (Å²) >= 11 is 0. The van der Waals surface area contributed by atoms with Gasteiger partial charge in [0.25, 0.3) is 0 Å². The zero-order valence-electron chi connectivity index (χ0n) is 12.8. The number of carbonyl (C=O) groups excluding carboxylic acids is 3. The Balaban J connectivity index is 1.48. The zero-order chi connectivity index (χ0) is 16.6. The number of hydrogen-bond donors (Lipinski definition) is 1. The highest BCUT2D eigenvalue weighted by atomic mass is 19.1.